The Bertz CT molecular complexity index is 450. The molecule has 1 aromatic heterocycles. The quantitative estimate of drug-likeness (QED) is 0.771. The van der Waals surface area contributed by atoms with Crippen LogP contribution in [0.3, 0.4) is 0 Å². The Morgan fingerprint density at radius 1 is 1.10 bits per heavy atom. The van der Waals surface area contributed by atoms with E-state index in [0.29, 0.717) is 18.4 Å². The number of hydrogen-bond donors (Lipinski definition) is 3. The number of aromatic nitrogens is 2. The molecule has 5 heteroatoms. The Kier molecular flexibility index (Phi) is 5.17. The van der Waals surface area contributed by atoms with Crippen LogP contribution in [0.4, 0.5) is 11.6 Å². The van der Waals surface area contributed by atoms with Crippen molar-refractivity contribution in [2.24, 2.45) is 11.8 Å². The summed E-state index contributed by atoms with van der Waals surface area (Å²) in [7, 11) is 1.88. The van der Waals surface area contributed by atoms with Gasteiger partial charge in [-0.1, -0.05) is 12.8 Å². The Morgan fingerprint density at radius 2 is 1.75 bits per heavy atom. The summed E-state index contributed by atoms with van der Waals surface area (Å²) in [5.41, 5.74) is 1.05. The molecule has 2 atom stereocenters. The molecule has 0 aliphatic heterocycles. The fraction of sp³-hybridized carbons (Fsp3) is 0.733. The number of nitrogens with one attached hydrogen (secondary N) is 2. The Labute approximate surface area is 121 Å². The fourth-order valence-corrected chi connectivity index (χ4v) is 3.07. The van der Waals surface area contributed by atoms with Crippen molar-refractivity contribution >= 4 is 11.6 Å². The molecule has 0 aromatic carbocycles. The van der Waals surface area contributed by atoms with Gasteiger partial charge in [0.05, 0.1) is 0 Å². The minimum atomic E-state index is 0.301. The number of aliphatic hydroxyl groups is 1. The Balaban J connectivity index is 2.04. The van der Waals surface area contributed by atoms with E-state index in [9.17, 15) is 5.11 Å². The molecule has 2 unspecified atom stereocenters. The van der Waals surface area contributed by atoms with Gasteiger partial charge in [-0.2, -0.15) is 0 Å². The molecule has 3 N–H and O–H groups in total. The second-order valence-corrected chi connectivity index (χ2v) is 5.71. The van der Waals surface area contributed by atoms with E-state index in [1.807, 2.05) is 20.9 Å². The van der Waals surface area contributed by atoms with Gasteiger partial charge in [0, 0.05) is 25.8 Å². The smallest absolute Gasteiger partial charge is 0.134 e. The molecule has 1 fully saturated rings. The van der Waals surface area contributed by atoms with E-state index in [2.05, 4.69) is 20.6 Å². The fourth-order valence-electron chi connectivity index (χ4n) is 3.07. The molecular weight excluding hydrogens is 252 g/mol. The van der Waals surface area contributed by atoms with Crippen LogP contribution in [-0.4, -0.2) is 35.3 Å². The van der Waals surface area contributed by atoms with Gasteiger partial charge in [0.15, 0.2) is 0 Å². The lowest BCUT2D eigenvalue weighted by Gasteiger charge is -2.30. The van der Waals surface area contributed by atoms with E-state index in [4.69, 9.17) is 0 Å². The minimum absolute atomic E-state index is 0.301. The number of anilines is 2. The van der Waals surface area contributed by atoms with Gasteiger partial charge in [0.25, 0.3) is 0 Å². The first-order chi connectivity index (χ1) is 9.65. The zero-order valence-electron chi connectivity index (χ0n) is 12.7. The van der Waals surface area contributed by atoms with Crippen molar-refractivity contribution < 1.29 is 5.11 Å². The highest BCUT2D eigenvalue weighted by molar-refractivity contribution is 5.56. The summed E-state index contributed by atoms with van der Waals surface area (Å²) in [6.45, 7) is 5.11. The minimum Gasteiger partial charge on any atom is -0.396 e. The largest absolute Gasteiger partial charge is 0.396 e. The standard InChI is InChI=1S/C15H26N4O/c1-10-14(16-3)18-11(2)19-15(10)17-8-12-6-4-5-7-13(12)9-20/h12-13,20H,4-9H2,1-3H3,(H2,16,17,18,19). The third-order valence-corrected chi connectivity index (χ3v) is 4.33. The second kappa shape index (κ2) is 6.88. The first-order valence-electron chi connectivity index (χ1n) is 7.53. The van der Waals surface area contributed by atoms with Crippen molar-refractivity contribution in [3.63, 3.8) is 0 Å². The van der Waals surface area contributed by atoms with Crippen LogP contribution < -0.4 is 10.6 Å². The predicted molar refractivity (Wildman–Crippen MR) is 82.1 cm³/mol. The van der Waals surface area contributed by atoms with Gasteiger partial charge in [0.1, 0.15) is 17.5 Å². The van der Waals surface area contributed by atoms with Crippen molar-refractivity contribution in [1.82, 2.24) is 9.97 Å². The molecule has 1 aromatic rings. The van der Waals surface area contributed by atoms with Gasteiger partial charge in [-0.3, -0.25) is 0 Å². The predicted octanol–water partition coefficient (Wildman–Crippen LogP) is 2.35. The normalized spacial score (nSPS) is 22.6. The molecule has 0 spiro atoms. The summed E-state index contributed by atoms with van der Waals surface area (Å²) in [5.74, 6) is 3.53. The topological polar surface area (TPSA) is 70.1 Å². The van der Waals surface area contributed by atoms with Crippen LogP contribution in [-0.2, 0) is 0 Å². The van der Waals surface area contributed by atoms with Crippen LogP contribution in [0.1, 0.15) is 37.1 Å². The van der Waals surface area contributed by atoms with Gasteiger partial charge < -0.3 is 15.7 Å². The van der Waals surface area contributed by atoms with Crippen molar-refractivity contribution in [3.05, 3.63) is 11.4 Å². The zero-order chi connectivity index (χ0) is 14.5. The zero-order valence-corrected chi connectivity index (χ0v) is 12.7. The number of aryl methyl sites for hydroxylation is 1. The third-order valence-electron chi connectivity index (χ3n) is 4.33. The van der Waals surface area contributed by atoms with E-state index >= 15 is 0 Å². The summed E-state index contributed by atoms with van der Waals surface area (Å²) < 4.78 is 0. The van der Waals surface area contributed by atoms with Crippen molar-refractivity contribution in [1.29, 1.82) is 0 Å². The highest BCUT2D eigenvalue weighted by Crippen LogP contribution is 2.30. The van der Waals surface area contributed by atoms with E-state index < -0.39 is 0 Å². The lowest BCUT2D eigenvalue weighted by atomic mass is 9.79. The van der Waals surface area contributed by atoms with Crippen LogP contribution in [0.5, 0.6) is 0 Å². The number of aliphatic hydroxyl groups excluding tert-OH is 1. The van der Waals surface area contributed by atoms with Crippen LogP contribution in [0.15, 0.2) is 0 Å². The first kappa shape index (κ1) is 15.0. The van der Waals surface area contributed by atoms with Gasteiger partial charge in [0.2, 0.25) is 0 Å². The Hall–Kier alpha value is -1.36. The molecule has 20 heavy (non-hydrogen) atoms. The van der Waals surface area contributed by atoms with Gasteiger partial charge in [-0.15, -0.1) is 0 Å². The molecule has 2 rings (SSSR count). The van der Waals surface area contributed by atoms with Crippen molar-refractivity contribution in [2.75, 3.05) is 30.8 Å². The molecule has 1 aliphatic rings. The number of rotatable bonds is 5. The molecule has 0 radical (unpaired) electrons. The SMILES string of the molecule is CNc1nc(C)nc(NCC2CCCCC2CO)c1C. The van der Waals surface area contributed by atoms with Gasteiger partial charge >= 0.3 is 0 Å². The summed E-state index contributed by atoms with van der Waals surface area (Å²) >= 11 is 0. The summed E-state index contributed by atoms with van der Waals surface area (Å²) in [6.07, 6.45) is 4.86. The summed E-state index contributed by atoms with van der Waals surface area (Å²) in [5, 5.41) is 16.0. The lowest BCUT2D eigenvalue weighted by molar-refractivity contribution is 0.141. The first-order valence-corrected chi connectivity index (χ1v) is 7.53. The maximum Gasteiger partial charge on any atom is 0.134 e. The average Bonchev–Trinajstić information content (AvgIpc) is 2.48. The van der Waals surface area contributed by atoms with E-state index in [0.717, 1.165) is 36.0 Å². The molecule has 1 aliphatic carbocycles. The maximum absolute atomic E-state index is 9.48. The molecule has 112 valence electrons. The van der Waals surface area contributed by atoms with Crippen LogP contribution in [0.2, 0.25) is 0 Å². The van der Waals surface area contributed by atoms with Crippen molar-refractivity contribution in [3.8, 4) is 0 Å². The molecule has 0 amide bonds. The maximum atomic E-state index is 9.48. The van der Waals surface area contributed by atoms with Gasteiger partial charge in [-0.25, -0.2) is 9.97 Å². The van der Waals surface area contributed by atoms with E-state index in [1.165, 1.54) is 19.3 Å². The number of hydrogen-bond acceptors (Lipinski definition) is 5. The molecule has 1 saturated carbocycles. The monoisotopic (exact) mass is 278 g/mol. The highest BCUT2D eigenvalue weighted by Gasteiger charge is 2.24. The molecular formula is C15H26N4O. The number of nitrogens with zero attached hydrogens (tertiary/aromatic N) is 2. The third kappa shape index (κ3) is 3.39. The van der Waals surface area contributed by atoms with E-state index in [1.54, 1.807) is 0 Å². The Morgan fingerprint density at radius 3 is 2.40 bits per heavy atom. The van der Waals surface area contributed by atoms with Crippen LogP contribution in [0, 0.1) is 25.7 Å². The molecule has 1 heterocycles. The molecule has 0 bridgehead atoms. The second-order valence-electron chi connectivity index (χ2n) is 5.71. The van der Waals surface area contributed by atoms with Crippen LogP contribution in [0.25, 0.3) is 0 Å². The van der Waals surface area contributed by atoms with E-state index in [-0.39, 0.29) is 0 Å². The van der Waals surface area contributed by atoms with Gasteiger partial charge in [-0.05, 0) is 38.5 Å². The summed E-state index contributed by atoms with van der Waals surface area (Å²) in [6, 6.07) is 0. The van der Waals surface area contributed by atoms with Crippen molar-refractivity contribution in [2.45, 2.75) is 39.5 Å². The summed E-state index contributed by atoms with van der Waals surface area (Å²) in [4.78, 5) is 8.87. The highest BCUT2D eigenvalue weighted by atomic mass is 16.3. The molecule has 5 nitrogen and oxygen atoms in total. The molecule has 0 saturated heterocycles. The van der Waals surface area contributed by atoms with Crippen LogP contribution >= 0.6 is 0 Å². The lowest BCUT2D eigenvalue weighted by Crippen LogP contribution is -2.29. The average molecular weight is 278 g/mol.